The van der Waals surface area contributed by atoms with E-state index in [1.807, 2.05) is 30.3 Å². The minimum Gasteiger partial charge on any atom is -0.422 e. The molecule has 0 saturated carbocycles. The molecular weight excluding hydrogens is 266 g/mol. The Morgan fingerprint density at radius 2 is 1.76 bits per heavy atom. The molecule has 0 radical (unpaired) electrons. The van der Waals surface area contributed by atoms with Crippen molar-refractivity contribution in [1.29, 1.82) is 0 Å². The Balaban J connectivity index is 1.87. The standard InChI is InChI=1S/C16H13N3O2/c1-12(20)14-9-5-6-10-15(14)21-16-17-11-19(18-16)13-7-3-2-4-8-13/h2-11H,1H3. The molecule has 0 unspecified atom stereocenters. The van der Waals surface area contributed by atoms with Gasteiger partial charge in [0.05, 0.1) is 11.3 Å². The monoisotopic (exact) mass is 279 g/mol. The van der Waals surface area contributed by atoms with E-state index in [1.54, 1.807) is 35.3 Å². The van der Waals surface area contributed by atoms with E-state index in [-0.39, 0.29) is 11.8 Å². The molecule has 21 heavy (non-hydrogen) atoms. The third kappa shape index (κ3) is 2.81. The highest BCUT2D eigenvalue weighted by Gasteiger charge is 2.11. The van der Waals surface area contributed by atoms with Gasteiger partial charge in [-0.3, -0.25) is 4.79 Å². The van der Waals surface area contributed by atoms with Crippen LogP contribution in [0.25, 0.3) is 5.69 Å². The van der Waals surface area contributed by atoms with Gasteiger partial charge in [0.1, 0.15) is 12.1 Å². The Labute approximate surface area is 121 Å². The van der Waals surface area contributed by atoms with E-state index in [9.17, 15) is 4.79 Å². The molecule has 0 spiro atoms. The summed E-state index contributed by atoms with van der Waals surface area (Å²) < 4.78 is 7.23. The average Bonchev–Trinajstić information content (AvgIpc) is 2.97. The minimum atomic E-state index is -0.0620. The molecule has 0 bridgehead atoms. The Kier molecular flexibility index (Phi) is 3.47. The highest BCUT2D eigenvalue weighted by Crippen LogP contribution is 2.23. The largest absolute Gasteiger partial charge is 0.422 e. The lowest BCUT2D eigenvalue weighted by molar-refractivity contribution is 0.101. The van der Waals surface area contributed by atoms with Gasteiger partial charge < -0.3 is 4.74 Å². The second kappa shape index (κ2) is 5.58. The first kappa shape index (κ1) is 13.1. The van der Waals surface area contributed by atoms with Gasteiger partial charge in [0.25, 0.3) is 0 Å². The summed E-state index contributed by atoms with van der Waals surface area (Å²) in [5.74, 6) is 0.393. The van der Waals surface area contributed by atoms with Crippen molar-refractivity contribution in [3.8, 4) is 17.4 Å². The fraction of sp³-hybridized carbons (Fsp3) is 0.0625. The van der Waals surface area contributed by atoms with Gasteiger partial charge in [-0.25, -0.2) is 4.68 Å². The zero-order valence-electron chi connectivity index (χ0n) is 11.4. The minimum absolute atomic E-state index is 0.0620. The van der Waals surface area contributed by atoms with Crippen LogP contribution in [0.1, 0.15) is 17.3 Å². The van der Waals surface area contributed by atoms with Crippen molar-refractivity contribution in [3.05, 3.63) is 66.5 Å². The van der Waals surface area contributed by atoms with Gasteiger partial charge in [-0.15, -0.1) is 5.10 Å². The number of benzene rings is 2. The summed E-state index contributed by atoms with van der Waals surface area (Å²) in [7, 11) is 0. The van der Waals surface area contributed by atoms with Crippen LogP contribution in [0, 0.1) is 0 Å². The summed E-state index contributed by atoms with van der Waals surface area (Å²) in [6.07, 6.45) is 1.57. The van der Waals surface area contributed by atoms with Gasteiger partial charge in [0.15, 0.2) is 5.78 Å². The van der Waals surface area contributed by atoms with Crippen molar-refractivity contribution in [3.63, 3.8) is 0 Å². The van der Waals surface area contributed by atoms with E-state index in [1.165, 1.54) is 6.92 Å². The molecule has 1 aromatic heterocycles. The van der Waals surface area contributed by atoms with E-state index in [0.717, 1.165) is 5.69 Å². The Morgan fingerprint density at radius 3 is 2.52 bits per heavy atom. The lowest BCUT2D eigenvalue weighted by Gasteiger charge is -2.05. The first-order valence-corrected chi connectivity index (χ1v) is 6.49. The maximum absolute atomic E-state index is 11.6. The summed E-state index contributed by atoms with van der Waals surface area (Å²) in [4.78, 5) is 15.7. The molecule has 0 fully saturated rings. The number of rotatable bonds is 4. The molecule has 3 rings (SSSR count). The van der Waals surface area contributed by atoms with Crippen molar-refractivity contribution >= 4 is 5.78 Å². The third-order valence-electron chi connectivity index (χ3n) is 2.96. The number of aromatic nitrogens is 3. The number of nitrogens with zero attached hydrogens (tertiary/aromatic N) is 3. The van der Waals surface area contributed by atoms with Crippen LogP contribution >= 0.6 is 0 Å². The highest BCUT2D eigenvalue weighted by molar-refractivity contribution is 5.96. The number of hydrogen-bond acceptors (Lipinski definition) is 4. The molecule has 1 heterocycles. The topological polar surface area (TPSA) is 57.0 Å². The zero-order chi connectivity index (χ0) is 14.7. The smallest absolute Gasteiger partial charge is 0.341 e. The van der Waals surface area contributed by atoms with E-state index >= 15 is 0 Å². The zero-order valence-corrected chi connectivity index (χ0v) is 11.4. The number of para-hydroxylation sites is 2. The van der Waals surface area contributed by atoms with Crippen LogP contribution in [0.4, 0.5) is 0 Å². The quantitative estimate of drug-likeness (QED) is 0.688. The maximum Gasteiger partial charge on any atom is 0.341 e. The molecule has 2 aromatic carbocycles. The number of ether oxygens (including phenoxy) is 1. The van der Waals surface area contributed by atoms with Crippen LogP contribution < -0.4 is 4.74 Å². The Hall–Kier alpha value is -2.95. The number of Topliss-reactive ketones (excluding diaryl/α,β-unsaturated/α-hetero) is 1. The normalized spacial score (nSPS) is 10.3. The van der Waals surface area contributed by atoms with Crippen molar-refractivity contribution in [2.24, 2.45) is 0 Å². The van der Waals surface area contributed by atoms with Gasteiger partial charge >= 0.3 is 6.01 Å². The van der Waals surface area contributed by atoms with Crippen molar-refractivity contribution in [2.75, 3.05) is 0 Å². The summed E-state index contributed by atoms with van der Waals surface area (Å²) >= 11 is 0. The highest BCUT2D eigenvalue weighted by atomic mass is 16.5. The van der Waals surface area contributed by atoms with E-state index in [4.69, 9.17) is 4.74 Å². The summed E-state index contributed by atoms with van der Waals surface area (Å²) in [5.41, 5.74) is 1.40. The molecule has 3 aromatic rings. The average molecular weight is 279 g/mol. The van der Waals surface area contributed by atoms with Crippen LogP contribution in [0.3, 0.4) is 0 Å². The summed E-state index contributed by atoms with van der Waals surface area (Å²) in [6, 6.07) is 16.8. The molecule has 0 aliphatic heterocycles. The van der Waals surface area contributed by atoms with Crippen LogP contribution in [-0.4, -0.2) is 20.5 Å². The van der Waals surface area contributed by atoms with Crippen LogP contribution in [0.5, 0.6) is 11.8 Å². The Morgan fingerprint density at radius 1 is 1.05 bits per heavy atom. The summed E-state index contributed by atoms with van der Waals surface area (Å²) in [6.45, 7) is 1.50. The first-order chi connectivity index (χ1) is 10.2. The van der Waals surface area contributed by atoms with E-state index < -0.39 is 0 Å². The Bertz CT molecular complexity index is 766. The molecule has 0 amide bonds. The van der Waals surface area contributed by atoms with Crippen LogP contribution in [-0.2, 0) is 0 Å². The van der Waals surface area contributed by atoms with Gasteiger partial charge in [0, 0.05) is 0 Å². The van der Waals surface area contributed by atoms with E-state index in [2.05, 4.69) is 10.1 Å². The number of ketones is 1. The van der Waals surface area contributed by atoms with Gasteiger partial charge in [-0.05, 0) is 31.2 Å². The summed E-state index contributed by atoms with van der Waals surface area (Å²) in [5, 5.41) is 4.25. The molecule has 0 aliphatic rings. The fourth-order valence-electron chi connectivity index (χ4n) is 1.94. The van der Waals surface area contributed by atoms with Gasteiger partial charge in [0.2, 0.25) is 0 Å². The lowest BCUT2D eigenvalue weighted by Crippen LogP contribution is -1.98. The van der Waals surface area contributed by atoms with Gasteiger partial charge in [-0.1, -0.05) is 30.3 Å². The third-order valence-corrected chi connectivity index (χ3v) is 2.96. The molecule has 104 valence electrons. The predicted molar refractivity (Wildman–Crippen MR) is 77.9 cm³/mol. The molecule has 0 N–H and O–H groups in total. The maximum atomic E-state index is 11.6. The van der Waals surface area contributed by atoms with E-state index in [0.29, 0.717) is 11.3 Å². The van der Waals surface area contributed by atoms with Crippen molar-refractivity contribution < 1.29 is 9.53 Å². The van der Waals surface area contributed by atoms with Crippen molar-refractivity contribution in [1.82, 2.24) is 14.8 Å². The molecule has 0 atom stereocenters. The number of carbonyl (C=O) groups excluding carboxylic acids is 1. The predicted octanol–water partition coefficient (Wildman–Crippen LogP) is 3.26. The van der Waals surface area contributed by atoms with Crippen LogP contribution in [0.2, 0.25) is 0 Å². The molecule has 0 aliphatic carbocycles. The van der Waals surface area contributed by atoms with Gasteiger partial charge in [-0.2, -0.15) is 4.98 Å². The molecule has 5 heteroatoms. The SMILES string of the molecule is CC(=O)c1ccccc1Oc1ncn(-c2ccccc2)n1. The van der Waals surface area contributed by atoms with Crippen molar-refractivity contribution in [2.45, 2.75) is 6.92 Å². The molecular formula is C16H13N3O2. The lowest BCUT2D eigenvalue weighted by atomic mass is 10.1. The first-order valence-electron chi connectivity index (χ1n) is 6.49. The fourth-order valence-corrected chi connectivity index (χ4v) is 1.94. The molecule has 5 nitrogen and oxygen atoms in total. The van der Waals surface area contributed by atoms with Crippen LogP contribution in [0.15, 0.2) is 60.9 Å². The second-order valence-electron chi connectivity index (χ2n) is 4.46. The second-order valence-corrected chi connectivity index (χ2v) is 4.46. The number of hydrogen-bond donors (Lipinski definition) is 0. The molecule has 0 saturated heterocycles. The number of carbonyl (C=O) groups is 1.